The highest BCUT2D eigenvalue weighted by atomic mass is 32.2. The molecule has 1 aliphatic heterocycles. The Morgan fingerprint density at radius 3 is 2.41 bits per heavy atom. The molecular formula is C19H17NO6S. The van der Waals surface area contributed by atoms with E-state index in [1.54, 1.807) is 19.9 Å². The second-order valence-corrected chi connectivity index (χ2v) is 8.22. The molecule has 1 amide bonds. The lowest BCUT2D eigenvalue weighted by Gasteiger charge is -2.19. The first-order valence-electron chi connectivity index (χ1n) is 8.21. The number of fused-ring (bicyclic) bond motifs is 2. The van der Waals surface area contributed by atoms with Gasteiger partial charge < -0.3 is 10.1 Å². The van der Waals surface area contributed by atoms with Crippen LogP contribution in [0.3, 0.4) is 0 Å². The van der Waals surface area contributed by atoms with E-state index in [1.807, 2.05) is 0 Å². The molecule has 0 bridgehead atoms. The summed E-state index contributed by atoms with van der Waals surface area (Å²) in [6.45, 7) is 3.05. The van der Waals surface area contributed by atoms with E-state index in [4.69, 9.17) is 4.74 Å². The van der Waals surface area contributed by atoms with Crippen LogP contribution in [-0.4, -0.2) is 38.7 Å². The predicted octanol–water partition coefficient (Wildman–Crippen LogP) is 1.75. The minimum atomic E-state index is -3.95. The zero-order chi connectivity index (χ0) is 19.8. The molecule has 0 saturated heterocycles. The molecule has 0 atom stereocenters. The summed E-state index contributed by atoms with van der Waals surface area (Å²) in [4.78, 5) is 36.0. The summed E-state index contributed by atoms with van der Waals surface area (Å²) in [6.07, 6.45) is 0. The molecule has 7 nitrogen and oxygen atoms in total. The zero-order valence-corrected chi connectivity index (χ0v) is 15.5. The van der Waals surface area contributed by atoms with Gasteiger partial charge in [-0.3, -0.25) is 9.59 Å². The van der Waals surface area contributed by atoms with Crippen molar-refractivity contribution in [3.8, 4) is 0 Å². The Kier molecular flexibility index (Phi) is 4.84. The Hall–Kier alpha value is -3.00. The van der Waals surface area contributed by atoms with Gasteiger partial charge in [-0.1, -0.05) is 12.1 Å². The lowest BCUT2D eigenvalue weighted by Crippen LogP contribution is -2.34. The summed E-state index contributed by atoms with van der Waals surface area (Å²) >= 11 is 0. The fourth-order valence-electron chi connectivity index (χ4n) is 2.79. The molecule has 8 heteroatoms. The molecule has 0 spiro atoms. The van der Waals surface area contributed by atoms with Crippen molar-refractivity contribution in [3.05, 3.63) is 59.2 Å². The molecule has 1 heterocycles. The number of hydrogen-bond donors (Lipinski definition) is 1. The monoisotopic (exact) mass is 387 g/mol. The second-order valence-electron chi connectivity index (χ2n) is 6.34. The number of carbonyl (C=O) groups excluding carboxylic acids is 3. The van der Waals surface area contributed by atoms with E-state index in [9.17, 15) is 22.8 Å². The highest BCUT2D eigenvalue weighted by Gasteiger charge is 2.35. The highest BCUT2D eigenvalue weighted by Crippen LogP contribution is 2.34. The van der Waals surface area contributed by atoms with E-state index in [0.29, 0.717) is 0 Å². The van der Waals surface area contributed by atoms with E-state index in [0.717, 1.165) is 6.07 Å². The van der Waals surface area contributed by atoms with E-state index in [2.05, 4.69) is 5.32 Å². The van der Waals surface area contributed by atoms with Crippen LogP contribution < -0.4 is 5.32 Å². The lowest BCUT2D eigenvalue weighted by molar-refractivity contribution is -0.124. The lowest BCUT2D eigenvalue weighted by atomic mass is 10.0. The van der Waals surface area contributed by atoms with Crippen LogP contribution in [-0.2, 0) is 19.4 Å². The molecular weight excluding hydrogens is 370 g/mol. The maximum absolute atomic E-state index is 12.8. The fourth-order valence-corrected chi connectivity index (χ4v) is 4.47. The van der Waals surface area contributed by atoms with Crippen molar-refractivity contribution in [1.82, 2.24) is 5.32 Å². The molecule has 0 unspecified atom stereocenters. The van der Waals surface area contributed by atoms with Crippen LogP contribution in [0.4, 0.5) is 0 Å². The first-order valence-corrected chi connectivity index (χ1v) is 9.69. The largest absolute Gasteiger partial charge is 0.452 e. The van der Waals surface area contributed by atoms with Gasteiger partial charge in [0.25, 0.3) is 5.91 Å². The van der Waals surface area contributed by atoms with Gasteiger partial charge in [-0.2, -0.15) is 0 Å². The number of hydrogen-bond acceptors (Lipinski definition) is 6. The molecule has 3 rings (SSSR count). The SMILES string of the molecule is CC(C)NC(=O)COC(=O)c1ccc2c(c1)S(=O)(=O)c1ccccc1C2=O. The predicted molar refractivity (Wildman–Crippen MR) is 95.3 cm³/mol. The third kappa shape index (κ3) is 3.48. The number of esters is 1. The van der Waals surface area contributed by atoms with Crippen LogP contribution in [0.1, 0.15) is 40.1 Å². The molecule has 2 aromatic carbocycles. The van der Waals surface area contributed by atoms with Crippen LogP contribution in [0.5, 0.6) is 0 Å². The average Bonchev–Trinajstić information content (AvgIpc) is 2.63. The molecule has 0 radical (unpaired) electrons. The number of ketones is 1. The van der Waals surface area contributed by atoms with Gasteiger partial charge in [0.2, 0.25) is 9.84 Å². The fraction of sp³-hybridized carbons (Fsp3) is 0.211. The van der Waals surface area contributed by atoms with Gasteiger partial charge in [-0.05, 0) is 44.2 Å². The number of rotatable bonds is 4. The van der Waals surface area contributed by atoms with Crippen molar-refractivity contribution < 1.29 is 27.5 Å². The van der Waals surface area contributed by atoms with Crippen LogP contribution in [0.15, 0.2) is 52.3 Å². The Morgan fingerprint density at radius 2 is 1.70 bits per heavy atom. The third-order valence-electron chi connectivity index (χ3n) is 3.96. The van der Waals surface area contributed by atoms with Crippen LogP contribution in [0, 0.1) is 0 Å². The van der Waals surface area contributed by atoms with Crippen molar-refractivity contribution in [2.45, 2.75) is 29.7 Å². The molecule has 27 heavy (non-hydrogen) atoms. The maximum Gasteiger partial charge on any atom is 0.338 e. The van der Waals surface area contributed by atoms with Crippen molar-refractivity contribution in [3.63, 3.8) is 0 Å². The van der Waals surface area contributed by atoms with Gasteiger partial charge in [-0.25, -0.2) is 13.2 Å². The molecule has 0 fully saturated rings. The van der Waals surface area contributed by atoms with Crippen molar-refractivity contribution in [1.29, 1.82) is 0 Å². The second kappa shape index (κ2) is 6.96. The van der Waals surface area contributed by atoms with Gasteiger partial charge in [0.05, 0.1) is 15.4 Å². The number of carbonyl (C=O) groups is 3. The summed E-state index contributed by atoms with van der Waals surface area (Å²) in [6, 6.07) is 9.53. The first kappa shape index (κ1) is 18.8. The van der Waals surface area contributed by atoms with Crippen molar-refractivity contribution in [2.24, 2.45) is 0 Å². The summed E-state index contributed by atoms with van der Waals surface area (Å²) < 4.78 is 30.6. The van der Waals surface area contributed by atoms with Gasteiger partial charge in [0, 0.05) is 17.2 Å². The minimum absolute atomic E-state index is 0.00259. The van der Waals surface area contributed by atoms with Crippen molar-refractivity contribution >= 4 is 27.5 Å². The number of ether oxygens (including phenoxy) is 1. The van der Waals surface area contributed by atoms with Gasteiger partial charge in [0.1, 0.15) is 0 Å². The quantitative estimate of drug-likeness (QED) is 0.684. The number of nitrogens with one attached hydrogen (secondary N) is 1. The number of sulfone groups is 1. The van der Waals surface area contributed by atoms with Gasteiger partial charge >= 0.3 is 5.97 Å². The Bertz CT molecular complexity index is 1060. The summed E-state index contributed by atoms with van der Waals surface area (Å²) in [5.74, 6) is -1.74. The molecule has 2 aromatic rings. The minimum Gasteiger partial charge on any atom is -0.452 e. The molecule has 0 aromatic heterocycles. The normalized spacial score (nSPS) is 14.3. The van der Waals surface area contributed by atoms with Crippen LogP contribution in [0.2, 0.25) is 0 Å². The summed E-state index contributed by atoms with van der Waals surface area (Å²) in [5.41, 5.74) is 0.0512. The molecule has 0 saturated carbocycles. The van der Waals surface area contributed by atoms with Gasteiger partial charge in [0.15, 0.2) is 12.4 Å². The molecule has 0 aliphatic carbocycles. The number of benzene rings is 2. The first-order chi connectivity index (χ1) is 12.7. The average molecular weight is 387 g/mol. The smallest absolute Gasteiger partial charge is 0.338 e. The summed E-state index contributed by atoms with van der Waals surface area (Å²) in [5, 5.41) is 2.57. The van der Waals surface area contributed by atoms with E-state index in [1.165, 1.54) is 30.3 Å². The van der Waals surface area contributed by atoms with Crippen LogP contribution >= 0.6 is 0 Å². The third-order valence-corrected chi connectivity index (χ3v) is 5.81. The van der Waals surface area contributed by atoms with Crippen molar-refractivity contribution in [2.75, 3.05) is 6.61 Å². The molecule has 1 aliphatic rings. The number of amides is 1. The van der Waals surface area contributed by atoms with E-state index in [-0.39, 0.29) is 32.5 Å². The van der Waals surface area contributed by atoms with Crippen LogP contribution in [0.25, 0.3) is 0 Å². The maximum atomic E-state index is 12.8. The highest BCUT2D eigenvalue weighted by molar-refractivity contribution is 7.91. The van der Waals surface area contributed by atoms with E-state index < -0.39 is 34.1 Å². The van der Waals surface area contributed by atoms with E-state index >= 15 is 0 Å². The van der Waals surface area contributed by atoms with Gasteiger partial charge in [-0.15, -0.1) is 0 Å². The Balaban J connectivity index is 1.91. The molecule has 140 valence electrons. The zero-order valence-electron chi connectivity index (χ0n) is 14.7. The summed E-state index contributed by atoms with van der Waals surface area (Å²) in [7, 11) is -3.95. The Labute approximate surface area is 156 Å². The standard InChI is InChI=1S/C19H17NO6S/c1-11(2)20-17(21)10-26-19(23)12-7-8-14-16(9-12)27(24,25)15-6-4-3-5-13(15)18(14)22/h3-9,11H,10H2,1-2H3,(H,20,21). The topological polar surface area (TPSA) is 107 Å². The molecule has 1 N–H and O–H groups in total. The Morgan fingerprint density at radius 1 is 1.04 bits per heavy atom.